The third-order valence-electron chi connectivity index (χ3n) is 5.17. The number of methoxy groups -OCH3 is 2. The Morgan fingerprint density at radius 3 is 2.50 bits per heavy atom. The standard InChI is InChI=1S/C25H26N2O5S2/c1-31-20-9-6-5-8-19(20)26-22(28)10-4-3-7-15-27-23(29)21(34-25(27)33)16-17-11-13-18(14-12-17)24(30)32-2/h5-6,8-9,11-14,16H,3-4,7,10,15H2,1-2H3,(H,26,28)/b21-16-. The second-order valence-electron chi connectivity index (χ2n) is 7.51. The highest BCUT2D eigenvalue weighted by Gasteiger charge is 2.31. The minimum absolute atomic E-state index is 0.0729. The minimum atomic E-state index is -0.407. The fraction of sp³-hybridized carbons (Fsp3) is 0.280. The van der Waals surface area contributed by atoms with Crippen molar-refractivity contribution in [2.75, 3.05) is 26.1 Å². The number of hydrogen-bond donors (Lipinski definition) is 1. The fourth-order valence-corrected chi connectivity index (χ4v) is 4.68. The van der Waals surface area contributed by atoms with Crippen molar-refractivity contribution in [3.8, 4) is 5.75 Å². The number of nitrogens with one attached hydrogen (secondary N) is 1. The van der Waals surface area contributed by atoms with Gasteiger partial charge in [0.25, 0.3) is 5.91 Å². The number of unbranched alkanes of at least 4 members (excludes halogenated alkanes) is 2. The third kappa shape index (κ3) is 6.68. The van der Waals surface area contributed by atoms with Gasteiger partial charge in [-0.2, -0.15) is 0 Å². The molecule has 2 amide bonds. The molecule has 178 valence electrons. The summed E-state index contributed by atoms with van der Waals surface area (Å²) in [5.41, 5.74) is 1.90. The number of carbonyl (C=O) groups excluding carboxylic acids is 3. The predicted molar refractivity (Wildman–Crippen MR) is 138 cm³/mol. The van der Waals surface area contributed by atoms with Crippen molar-refractivity contribution in [3.63, 3.8) is 0 Å². The van der Waals surface area contributed by atoms with E-state index in [2.05, 4.69) is 5.32 Å². The molecular weight excluding hydrogens is 472 g/mol. The summed E-state index contributed by atoms with van der Waals surface area (Å²) in [6.45, 7) is 0.511. The monoisotopic (exact) mass is 498 g/mol. The Balaban J connectivity index is 1.44. The largest absolute Gasteiger partial charge is 0.495 e. The SMILES string of the molecule is COC(=O)c1ccc(/C=C2\SC(=S)N(CCCCCC(=O)Nc3ccccc3OC)C2=O)cc1. The first-order valence-electron chi connectivity index (χ1n) is 10.8. The molecule has 0 bridgehead atoms. The molecule has 0 unspecified atom stereocenters. The van der Waals surface area contributed by atoms with Crippen molar-refractivity contribution >= 4 is 57.8 Å². The summed E-state index contributed by atoms with van der Waals surface area (Å²) < 4.78 is 10.5. The molecule has 7 nitrogen and oxygen atoms in total. The molecule has 0 radical (unpaired) electrons. The Labute approximate surface area is 208 Å². The average molecular weight is 499 g/mol. The van der Waals surface area contributed by atoms with Crippen molar-refractivity contribution < 1.29 is 23.9 Å². The zero-order valence-corrected chi connectivity index (χ0v) is 20.7. The molecule has 2 aromatic rings. The number of rotatable bonds is 10. The van der Waals surface area contributed by atoms with Crippen LogP contribution < -0.4 is 10.1 Å². The molecule has 0 atom stereocenters. The predicted octanol–water partition coefficient (Wildman–Crippen LogP) is 4.88. The van der Waals surface area contributed by atoms with E-state index in [1.807, 2.05) is 12.1 Å². The van der Waals surface area contributed by atoms with Gasteiger partial charge in [0, 0.05) is 13.0 Å². The number of carbonyl (C=O) groups is 3. The summed E-state index contributed by atoms with van der Waals surface area (Å²) >= 11 is 6.65. The fourth-order valence-electron chi connectivity index (χ4n) is 3.37. The second kappa shape index (κ2) is 12.3. The highest BCUT2D eigenvalue weighted by molar-refractivity contribution is 8.26. The summed E-state index contributed by atoms with van der Waals surface area (Å²) in [5.74, 6) is 0.0186. The van der Waals surface area contributed by atoms with Crippen LogP contribution in [0.2, 0.25) is 0 Å². The zero-order chi connectivity index (χ0) is 24.5. The molecule has 9 heteroatoms. The molecule has 0 aliphatic carbocycles. The summed E-state index contributed by atoms with van der Waals surface area (Å²) in [4.78, 5) is 38.7. The van der Waals surface area contributed by atoms with Gasteiger partial charge in [-0.1, -0.05) is 54.7 Å². The lowest BCUT2D eigenvalue weighted by molar-refractivity contribution is -0.122. The van der Waals surface area contributed by atoms with Crippen LogP contribution in [0.1, 0.15) is 41.6 Å². The minimum Gasteiger partial charge on any atom is -0.495 e. The lowest BCUT2D eigenvalue weighted by atomic mass is 10.1. The van der Waals surface area contributed by atoms with Crippen molar-refractivity contribution in [1.29, 1.82) is 0 Å². The summed E-state index contributed by atoms with van der Waals surface area (Å²) in [5, 5.41) is 2.86. The van der Waals surface area contributed by atoms with E-state index in [9.17, 15) is 14.4 Å². The molecule has 1 aliphatic rings. The van der Waals surface area contributed by atoms with Crippen molar-refractivity contribution in [3.05, 3.63) is 64.6 Å². The molecule has 3 rings (SSSR count). The zero-order valence-electron chi connectivity index (χ0n) is 19.0. The molecule has 1 saturated heterocycles. The number of esters is 1. The number of para-hydroxylation sites is 2. The summed E-state index contributed by atoms with van der Waals surface area (Å²) in [7, 11) is 2.90. The third-order valence-corrected chi connectivity index (χ3v) is 6.55. The van der Waals surface area contributed by atoms with Gasteiger partial charge in [-0.25, -0.2) is 4.79 Å². The van der Waals surface area contributed by atoms with Crippen LogP contribution in [0.25, 0.3) is 6.08 Å². The van der Waals surface area contributed by atoms with Crippen LogP contribution in [-0.2, 0) is 14.3 Å². The van der Waals surface area contributed by atoms with Gasteiger partial charge >= 0.3 is 5.97 Å². The van der Waals surface area contributed by atoms with E-state index in [0.29, 0.717) is 45.6 Å². The number of ether oxygens (including phenoxy) is 2. The molecule has 1 fully saturated rings. The molecule has 2 aromatic carbocycles. The normalized spacial score (nSPS) is 14.4. The van der Waals surface area contributed by atoms with Crippen LogP contribution in [0.15, 0.2) is 53.4 Å². The van der Waals surface area contributed by atoms with Crippen molar-refractivity contribution in [2.24, 2.45) is 0 Å². The number of thiocarbonyl (C=S) groups is 1. The molecule has 0 spiro atoms. The molecule has 0 aromatic heterocycles. The number of benzene rings is 2. The van der Waals surface area contributed by atoms with Crippen LogP contribution >= 0.6 is 24.0 Å². The van der Waals surface area contributed by atoms with E-state index in [-0.39, 0.29) is 11.8 Å². The number of hydrogen-bond acceptors (Lipinski definition) is 7. The Morgan fingerprint density at radius 1 is 1.06 bits per heavy atom. The number of anilines is 1. The lowest BCUT2D eigenvalue weighted by Gasteiger charge is -2.14. The van der Waals surface area contributed by atoms with Gasteiger partial charge in [0.2, 0.25) is 5.91 Å². The number of nitrogens with zero attached hydrogens (tertiary/aromatic N) is 1. The van der Waals surface area contributed by atoms with Crippen LogP contribution in [0.3, 0.4) is 0 Å². The van der Waals surface area contributed by atoms with E-state index in [0.717, 1.165) is 18.4 Å². The Kier molecular flexibility index (Phi) is 9.24. The maximum absolute atomic E-state index is 12.8. The van der Waals surface area contributed by atoms with Crippen molar-refractivity contribution in [1.82, 2.24) is 4.90 Å². The summed E-state index contributed by atoms with van der Waals surface area (Å²) in [6, 6.07) is 14.1. The van der Waals surface area contributed by atoms with Crippen molar-refractivity contribution in [2.45, 2.75) is 25.7 Å². The highest BCUT2D eigenvalue weighted by atomic mass is 32.2. The van der Waals surface area contributed by atoms with Gasteiger partial charge < -0.3 is 14.8 Å². The second-order valence-corrected chi connectivity index (χ2v) is 9.18. The first-order chi connectivity index (χ1) is 16.4. The van der Waals surface area contributed by atoms with Gasteiger partial charge in [0.05, 0.1) is 30.4 Å². The smallest absolute Gasteiger partial charge is 0.337 e. The van der Waals surface area contributed by atoms with Gasteiger partial charge in [0.1, 0.15) is 10.1 Å². The van der Waals surface area contributed by atoms with Gasteiger partial charge in [-0.15, -0.1) is 0 Å². The van der Waals surface area contributed by atoms with Crippen LogP contribution in [0.5, 0.6) is 5.75 Å². The topological polar surface area (TPSA) is 84.9 Å². The first-order valence-corrected chi connectivity index (χ1v) is 12.0. The lowest BCUT2D eigenvalue weighted by Crippen LogP contribution is -2.29. The highest BCUT2D eigenvalue weighted by Crippen LogP contribution is 2.33. The molecule has 1 heterocycles. The molecule has 0 saturated carbocycles. The molecule has 1 N–H and O–H groups in total. The number of amides is 2. The van der Waals surface area contributed by atoms with Gasteiger partial charge in [0.15, 0.2) is 0 Å². The van der Waals surface area contributed by atoms with E-state index in [1.54, 1.807) is 54.5 Å². The van der Waals surface area contributed by atoms with E-state index in [4.69, 9.17) is 21.7 Å². The van der Waals surface area contributed by atoms with Crippen LogP contribution in [0.4, 0.5) is 5.69 Å². The molecule has 1 aliphatic heterocycles. The first kappa shape index (κ1) is 25.5. The van der Waals surface area contributed by atoms with E-state index >= 15 is 0 Å². The molecule has 34 heavy (non-hydrogen) atoms. The quantitative estimate of drug-likeness (QED) is 0.216. The maximum Gasteiger partial charge on any atom is 0.337 e. The van der Waals surface area contributed by atoms with E-state index in [1.165, 1.54) is 18.9 Å². The van der Waals surface area contributed by atoms with Gasteiger partial charge in [-0.05, 0) is 48.7 Å². The summed E-state index contributed by atoms with van der Waals surface area (Å²) in [6.07, 6.45) is 4.40. The molecular formula is C25H26N2O5S2. The van der Waals surface area contributed by atoms with Crippen LogP contribution in [0, 0.1) is 0 Å². The van der Waals surface area contributed by atoms with E-state index < -0.39 is 5.97 Å². The Hall–Kier alpha value is -3.17. The number of thioether (sulfide) groups is 1. The van der Waals surface area contributed by atoms with Crippen LogP contribution in [-0.4, -0.2) is 47.8 Å². The van der Waals surface area contributed by atoms with Gasteiger partial charge in [-0.3, -0.25) is 14.5 Å². The Morgan fingerprint density at radius 2 is 1.79 bits per heavy atom. The average Bonchev–Trinajstić information content (AvgIpc) is 3.11. The Bertz CT molecular complexity index is 1100. The maximum atomic E-state index is 12.8.